The maximum atomic E-state index is 14.3. The number of carboxylic acid groups (broad SMARTS) is 1. The minimum atomic E-state index is -1.43. The highest BCUT2D eigenvalue weighted by atomic mass is 16.6. The SMILES string of the molecule is CC(C)(C)OC(=O)N[C@@H]1CCCCC/C=C\[C@H]2C[C@@]2(C(=O)O)NC(=O)[C@@H]2[C@H]3CN(C(=O)N4CCc5ccccc54)C[C@H]3CN2C1=O. The van der Waals surface area contributed by atoms with Crippen LogP contribution in [0.25, 0.3) is 0 Å². The Hall–Kier alpha value is -4.09. The molecule has 0 aromatic heterocycles. The Balaban J connectivity index is 1.27. The van der Waals surface area contributed by atoms with E-state index in [1.165, 1.54) is 4.90 Å². The highest BCUT2D eigenvalue weighted by molar-refractivity contribution is 5.97. The molecule has 4 heterocycles. The molecule has 5 amide bonds. The molecule has 0 spiro atoms. The van der Waals surface area contributed by atoms with E-state index in [2.05, 4.69) is 10.6 Å². The molecule has 6 atom stereocenters. The number of allylic oxidation sites excluding steroid dienone is 1. The zero-order valence-electron chi connectivity index (χ0n) is 26.9. The average molecular weight is 636 g/mol. The number of urea groups is 1. The predicted octanol–water partition coefficient (Wildman–Crippen LogP) is 3.30. The van der Waals surface area contributed by atoms with Gasteiger partial charge in [-0.25, -0.2) is 14.4 Å². The molecule has 3 N–H and O–H groups in total. The number of carbonyl (C=O) groups is 5. The number of carbonyl (C=O) groups excluding carboxylic acids is 4. The number of rotatable bonds is 2. The quantitative estimate of drug-likeness (QED) is 0.423. The minimum Gasteiger partial charge on any atom is -0.479 e. The topological polar surface area (TPSA) is 149 Å². The van der Waals surface area contributed by atoms with E-state index in [-0.39, 0.29) is 43.3 Å². The fourth-order valence-electron chi connectivity index (χ4n) is 7.68. The molecule has 3 fully saturated rings. The third kappa shape index (κ3) is 6.18. The van der Waals surface area contributed by atoms with Gasteiger partial charge in [-0.15, -0.1) is 0 Å². The monoisotopic (exact) mass is 635 g/mol. The molecule has 0 bridgehead atoms. The summed E-state index contributed by atoms with van der Waals surface area (Å²) in [5.74, 6) is -2.94. The molecule has 2 saturated heterocycles. The first kappa shape index (κ1) is 31.9. The first-order chi connectivity index (χ1) is 21.9. The van der Waals surface area contributed by atoms with E-state index in [1.807, 2.05) is 36.4 Å². The van der Waals surface area contributed by atoms with Crippen molar-refractivity contribution in [2.75, 3.05) is 31.1 Å². The van der Waals surface area contributed by atoms with E-state index in [1.54, 1.807) is 30.6 Å². The van der Waals surface area contributed by atoms with Crippen LogP contribution in [0.5, 0.6) is 0 Å². The van der Waals surface area contributed by atoms with Crippen molar-refractivity contribution in [3.63, 3.8) is 0 Å². The largest absolute Gasteiger partial charge is 0.479 e. The molecule has 1 aromatic carbocycles. The number of para-hydroxylation sites is 1. The van der Waals surface area contributed by atoms with Gasteiger partial charge in [-0.1, -0.05) is 43.2 Å². The van der Waals surface area contributed by atoms with Crippen LogP contribution in [0.4, 0.5) is 15.3 Å². The van der Waals surface area contributed by atoms with Gasteiger partial charge in [0.15, 0.2) is 0 Å². The number of nitrogens with zero attached hydrogens (tertiary/aromatic N) is 3. The van der Waals surface area contributed by atoms with Crippen LogP contribution in [0, 0.1) is 17.8 Å². The number of hydrogen-bond donors (Lipinski definition) is 3. The lowest BCUT2D eigenvalue weighted by Gasteiger charge is -2.33. The summed E-state index contributed by atoms with van der Waals surface area (Å²) in [5.41, 5.74) is -0.184. The van der Waals surface area contributed by atoms with Gasteiger partial charge in [0.25, 0.3) is 0 Å². The second-order valence-corrected chi connectivity index (χ2v) is 14.4. The summed E-state index contributed by atoms with van der Waals surface area (Å²) in [6.45, 7) is 6.67. The van der Waals surface area contributed by atoms with Gasteiger partial charge in [0, 0.05) is 49.6 Å². The van der Waals surface area contributed by atoms with Gasteiger partial charge in [-0.3, -0.25) is 14.5 Å². The molecule has 1 saturated carbocycles. The summed E-state index contributed by atoms with van der Waals surface area (Å²) >= 11 is 0. The van der Waals surface area contributed by atoms with Crippen molar-refractivity contribution in [3.05, 3.63) is 42.0 Å². The van der Waals surface area contributed by atoms with E-state index < -0.39 is 47.1 Å². The molecule has 12 heteroatoms. The first-order valence-electron chi connectivity index (χ1n) is 16.5. The van der Waals surface area contributed by atoms with E-state index in [0.717, 1.165) is 36.9 Å². The number of amides is 5. The molecule has 4 aliphatic heterocycles. The summed E-state index contributed by atoms with van der Waals surface area (Å²) < 4.78 is 5.47. The Morgan fingerprint density at radius 2 is 1.85 bits per heavy atom. The van der Waals surface area contributed by atoms with E-state index >= 15 is 0 Å². The molecule has 12 nitrogen and oxygen atoms in total. The molecule has 6 rings (SSSR count). The number of ether oxygens (including phenoxy) is 1. The zero-order chi connectivity index (χ0) is 32.8. The van der Waals surface area contributed by atoms with E-state index in [0.29, 0.717) is 25.9 Å². The van der Waals surface area contributed by atoms with Crippen LogP contribution in [-0.4, -0.2) is 94.2 Å². The van der Waals surface area contributed by atoms with Crippen molar-refractivity contribution in [2.24, 2.45) is 17.8 Å². The molecule has 0 radical (unpaired) electrons. The molecule has 5 aliphatic rings. The zero-order valence-corrected chi connectivity index (χ0v) is 26.9. The van der Waals surface area contributed by atoms with Crippen LogP contribution in [0.1, 0.15) is 64.9 Å². The molecule has 0 unspecified atom stereocenters. The lowest BCUT2D eigenvalue weighted by atomic mass is 9.93. The Morgan fingerprint density at radius 3 is 2.61 bits per heavy atom. The number of anilines is 1. The summed E-state index contributed by atoms with van der Waals surface area (Å²) in [6.07, 6.45) is 7.68. The standard InChI is InChI=1S/C34H45N5O7/c1-33(2,3)46-31(44)35-25-13-8-6-4-5-7-12-23-17-34(23,30(42)43)36-28(40)27-24-20-37(18-22(24)19-39(27)29(25)41)32(45)38-16-15-21-11-9-10-14-26(21)38/h7,9-12,14,22-25,27H,4-6,8,13,15-20H2,1-3H3,(H,35,44)(H,36,40)(H,42,43)/b12-7-/t22-,23-,24-,25+,27-,34+/m0/s1. The summed E-state index contributed by atoms with van der Waals surface area (Å²) in [5, 5.41) is 15.8. The van der Waals surface area contributed by atoms with Crippen LogP contribution in [0.2, 0.25) is 0 Å². The number of aliphatic carboxylic acids is 1. The van der Waals surface area contributed by atoms with Crippen LogP contribution >= 0.6 is 0 Å². The fourth-order valence-corrected chi connectivity index (χ4v) is 7.68. The summed E-state index contributed by atoms with van der Waals surface area (Å²) in [7, 11) is 0. The van der Waals surface area contributed by atoms with Crippen molar-refractivity contribution in [3.8, 4) is 0 Å². The maximum absolute atomic E-state index is 14.3. The van der Waals surface area contributed by atoms with Crippen LogP contribution in [-0.2, 0) is 25.5 Å². The van der Waals surface area contributed by atoms with Crippen molar-refractivity contribution in [1.82, 2.24) is 20.4 Å². The lowest BCUT2D eigenvalue weighted by Crippen LogP contribution is -2.58. The summed E-state index contributed by atoms with van der Waals surface area (Å²) in [6, 6.07) is 5.80. The third-order valence-electron chi connectivity index (χ3n) is 10.1. The number of likely N-dealkylation sites (tertiary alicyclic amines) is 1. The van der Waals surface area contributed by atoms with Crippen molar-refractivity contribution in [2.45, 2.75) is 88.9 Å². The van der Waals surface area contributed by atoms with Crippen LogP contribution in [0.15, 0.2) is 36.4 Å². The smallest absolute Gasteiger partial charge is 0.408 e. The highest BCUT2D eigenvalue weighted by Gasteiger charge is 2.63. The fraction of sp³-hybridized carbons (Fsp3) is 0.618. The molecular weight excluding hydrogens is 590 g/mol. The van der Waals surface area contributed by atoms with E-state index in [4.69, 9.17) is 4.74 Å². The van der Waals surface area contributed by atoms with Crippen molar-refractivity contribution in [1.29, 1.82) is 0 Å². The molecule has 248 valence electrons. The van der Waals surface area contributed by atoms with Gasteiger partial charge in [-0.2, -0.15) is 0 Å². The number of alkyl carbamates (subject to hydrolysis) is 1. The lowest BCUT2D eigenvalue weighted by molar-refractivity contribution is -0.146. The van der Waals surface area contributed by atoms with Gasteiger partial charge in [0.2, 0.25) is 11.8 Å². The minimum absolute atomic E-state index is 0.131. The highest BCUT2D eigenvalue weighted by Crippen LogP contribution is 2.46. The van der Waals surface area contributed by atoms with Crippen molar-refractivity contribution >= 4 is 35.6 Å². The second kappa shape index (κ2) is 12.3. The predicted molar refractivity (Wildman–Crippen MR) is 169 cm³/mol. The summed E-state index contributed by atoms with van der Waals surface area (Å²) in [4.78, 5) is 72.6. The van der Waals surface area contributed by atoms with Crippen LogP contribution in [0.3, 0.4) is 0 Å². The number of nitrogens with one attached hydrogen (secondary N) is 2. The molecule has 46 heavy (non-hydrogen) atoms. The Labute approximate surface area is 269 Å². The molecular formula is C34H45N5O7. The number of fused-ring (bicyclic) bond motifs is 5. The van der Waals surface area contributed by atoms with Gasteiger partial charge in [0.05, 0.1) is 0 Å². The van der Waals surface area contributed by atoms with E-state index in [9.17, 15) is 29.1 Å². The van der Waals surface area contributed by atoms with Gasteiger partial charge >= 0.3 is 18.1 Å². The molecule has 1 aliphatic carbocycles. The van der Waals surface area contributed by atoms with Gasteiger partial charge in [-0.05, 0) is 64.5 Å². The third-order valence-corrected chi connectivity index (χ3v) is 10.1. The first-order valence-corrected chi connectivity index (χ1v) is 16.5. The Kier molecular flexibility index (Phi) is 8.49. The van der Waals surface area contributed by atoms with Gasteiger partial charge < -0.3 is 30.3 Å². The van der Waals surface area contributed by atoms with Crippen molar-refractivity contribution < 1.29 is 33.8 Å². The maximum Gasteiger partial charge on any atom is 0.408 e. The van der Waals surface area contributed by atoms with Crippen LogP contribution < -0.4 is 15.5 Å². The average Bonchev–Trinajstić information content (AvgIpc) is 3.29. The normalized spacial score (nSPS) is 31.8. The Morgan fingerprint density at radius 1 is 1.07 bits per heavy atom. The number of hydrogen-bond acceptors (Lipinski definition) is 6. The van der Waals surface area contributed by atoms with Gasteiger partial charge in [0.1, 0.15) is 23.2 Å². The number of carboxylic acids is 1. The number of benzene rings is 1. The Bertz CT molecular complexity index is 1440. The molecule has 1 aromatic rings. The second-order valence-electron chi connectivity index (χ2n) is 14.4.